The fraction of sp³-hybridized carbons (Fsp3) is 0.409. The van der Waals surface area contributed by atoms with E-state index in [4.69, 9.17) is 4.74 Å². The van der Waals surface area contributed by atoms with Crippen molar-refractivity contribution < 1.29 is 18.3 Å². The topological polar surface area (TPSA) is 41.6 Å². The second-order valence-corrected chi connectivity index (χ2v) is 7.18. The molecule has 1 aliphatic heterocycles. The van der Waals surface area contributed by atoms with Gasteiger partial charge in [-0.3, -0.25) is 9.69 Å². The fourth-order valence-corrected chi connectivity index (χ4v) is 3.48. The molecule has 2 aromatic rings. The molecule has 0 bridgehead atoms. The summed E-state index contributed by atoms with van der Waals surface area (Å²) in [6, 6.07) is 18.1. The number of nitrogens with zero attached hydrogens (tertiary/aromatic N) is 1. The molecule has 0 radical (unpaired) electrons. The van der Waals surface area contributed by atoms with Gasteiger partial charge in [-0.25, -0.2) is 8.78 Å². The first-order valence-electron chi connectivity index (χ1n) is 9.60. The van der Waals surface area contributed by atoms with Gasteiger partial charge in [0, 0.05) is 13.0 Å². The molecule has 6 heteroatoms. The Kier molecular flexibility index (Phi) is 6.62. The molecule has 1 heterocycles. The summed E-state index contributed by atoms with van der Waals surface area (Å²) in [7, 11) is 0. The van der Waals surface area contributed by atoms with E-state index in [1.165, 1.54) is 0 Å². The number of amides is 1. The van der Waals surface area contributed by atoms with Gasteiger partial charge in [0.2, 0.25) is 5.91 Å². The molecular formula is C22H26F2N2O2. The van der Waals surface area contributed by atoms with Crippen molar-refractivity contribution in [3.8, 4) is 5.75 Å². The summed E-state index contributed by atoms with van der Waals surface area (Å²) >= 11 is 0. The normalized spacial score (nSPS) is 20.3. The third-order valence-corrected chi connectivity index (χ3v) is 5.01. The third kappa shape index (κ3) is 5.52. The molecule has 1 saturated heterocycles. The summed E-state index contributed by atoms with van der Waals surface area (Å²) in [4.78, 5) is 14.3. The van der Waals surface area contributed by atoms with Crippen LogP contribution < -0.4 is 10.1 Å². The molecule has 4 nitrogen and oxygen atoms in total. The smallest absolute Gasteiger partial charge is 0.260 e. The SMILES string of the molecule is C[C@H](NC(=O)[C@H]1CCC(F)(F)CN1CCOc1ccccc1)c1ccccc1. The summed E-state index contributed by atoms with van der Waals surface area (Å²) in [6.45, 7) is 1.98. The van der Waals surface area contributed by atoms with Crippen LogP contribution in [0.15, 0.2) is 60.7 Å². The van der Waals surface area contributed by atoms with Gasteiger partial charge >= 0.3 is 0 Å². The lowest BCUT2D eigenvalue weighted by molar-refractivity contribution is -0.136. The highest BCUT2D eigenvalue weighted by molar-refractivity contribution is 5.82. The van der Waals surface area contributed by atoms with E-state index in [-0.39, 0.29) is 37.9 Å². The number of ether oxygens (including phenoxy) is 1. The predicted molar refractivity (Wildman–Crippen MR) is 104 cm³/mol. The summed E-state index contributed by atoms with van der Waals surface area (Å²) in [5, 5.41) is 2.97. The zero-order chi connectivity index (χ0) is 20.0. The molecule has 3 rings (SSSR count). The van der Waals surface area contributed by atoms with Crippen LogP contribution in [0.4, 0.5) is 8.78 Å². The first-order valence-corrected chi connectivity index (χ1v) is 9.60. The van der Waals surface area contributed by atoms with Crippen LogP contribution in [0.25, 0.3) is 0 Å². The lowest BCUT2D eigenvalue weighted by Crippen LogP contribution is -2.56. The predicted octanol–water partition coefficient (Wildman–Crippen LogP) is 4.04. The van der Waals surface area contributed by atoms with Gasteiger partial charge in [-0.15, -0.1) is 0 Å². The van der Waals surface area contributed by atoms with Gasteiger partial charge in [0.1, 0.15) is 12.4 Å². The fourth-order valence-electron chi connectivity index (χ4n) is 3.48. The maximum Gasteiger partial charge on any atom is 0.260 e. The zero-order valence-electron chi connectivity index (χ0n) is 16.0. The second-order valence-electron chi connectivity index (χ2n) is 7.18. The van der Waals surface area contributed by atoms with E-state index >= 15 is 0 Å². The van der Waals surface area contributed by atoms with Crippen molar-refractivity contribution in [1.29, 1.82) is 0 Å². The van der Waals surface area contributed by atoms with Gasteiger partial charge in [0.15, 0.2) is 0 Å². The Morgan fingerprint density at radius 2 is 1.82 bits per heavy atom. The standard InChI is InChI=1S/C22H26F2N2O2/c1-17(18-8-4-2-5-9-18)25-21(27)20-12-13-22(23,24)16-26(20)14-15-28-19-10-6-3-7-11-19/h2-11,17,20H,12-16H2,1H3,(H,25,27)/t17-,20+/m0/s1. The first kappa shape index (κ1) is 20.3. The summed E-state index contributed by atoms with van der Waals surface area (Å²) in [6.07, 6.45) is -0.146. The molecule has 2 aromatic carbocycles. The van der Waals surface area contributed by atoms with E-state index < -0.39 is 18.5 Å². The van der Waals surface area contributed by atoms with Gasteiger partial charge in [-0.2, -0.15) is 0 Å². The molecule has 1 N–H and O–H groups in total. The Bertz CT molecular complexity index is 756. The van der Waals surface area contributed by atoms with Crippen LogP contribution in [-0.4, -0.2) is 42.5 Å². The van der Waals surface area contributed by atoms with Crippen LogP contribution in [0.5, 0.6) is 5.75 Å². The number of rotatable bonds is 7. The van der Waals surface area contributed by atoms with Crippen molar-refractivity contribution in [2.24, 2.45) is 0 Å². The van der Waals surface area contributed by atoms with Crippen molar-refractivity contribution in [1.82, 2.24) is 10.2 Å². The summed E-state index contributed by atoms with van der Waals surface area (Å²) in [5.74, 6) is -2.31. The van der Waals surface area contributed by atoms with Gasteiger partial charge in [-0.1, -0.05) is 48.5 Å². The lowest BCUT2D eigenvalue weighted by atomic mass is 9.98. The Morgan fingerprint density at radius 1 is 1.18 bits per heavy atom. The molecule has 0 aliphatic carbocycles. The number of halogens is 2. The van der Waals surface area contributed by atoms with E-state index in [2.05, 4.69) is 5.32 Å². The van der Waals surface area contributed by atoms with Gasteiger partial charge in [-0.05, 0) is 31.0 Å². The number of carbonyl (C=O) groups excluding carboxylic acids is 1. The average molecular weight is 388 g/mol. The lowest BCUT2D eigenvalue weighted by Gasteiger charge is -2.38. The summed E-state index contributed by atoms with van der Waals surface area (Å²) < 4.78 is 33.5. The number of likely N-dealkylation sites (tertiary alicyclic amines) is 1. The largest absolute Gasteiger partial charge is 0.492 e. The maximum atomic E-state index is 14.0. The van der Waals surface area contributed by atoms with Crippen molar-refractivity contribution in [2.45, 2.75) is 37.8 Å². The second kappa shape index (κ2) is 9.15. The van der Waals surface area contributed by atoms with Crippen LogP contribution in [0.1, 0.15) is 31.4 Å². The van der Waals surface area contributed by atoms with Crippen LogP contribution >= 0.6 is 0 Å². The minimum Gasteiger partial charge on any atom is -0.492 e. The first-order chi connectivity index (χ1) is 13.4. The number of carbonyl (C=O) groups is 1. The van der Waals surface area contributed by atoms with Gasteiger partial charge in [0.05, 0.1) is 18.6 Å². The minimum absolute atomic E-state index is 0.131. The molecule has 0 unspecified atom stereocenters. The van der Waals surface area contributed by atoms with Crippen molar-refractivity contribution >= 4 is 5.91 Å². The number of alkyl halides is 2. The minimum atomic E-state index is -2.78. The van der Waals surface area contributed by atoms with Crippen molar-refractivity contribution in [3.05, 3.63) is 66.2 Å². The van der Waals surface area contributed by atoms with Crippen LogP contribution in [0.2, 0.25) is 0 Å². The number of hydrogen-bond donors (Lipinski definition) is 1. The molecular weight excluding hydrogens is 362 g/mol. The summed E-state index contributed by atoms with van der Waals surface area (Å²) in [5.41, 5.74) is 0.982. The average Bonchev–Trinajstić information content (AvgIpc) is 2.69. The van der Waals surface area contributed by atoms with Crippen LogP contribution in [-0.2, 0) is 4.79 Å². The third-order valence-electron chi connectivity index (χ3n) is 5.01. The molecule has 150 valence electrons. The van der Waals surface area contributed by atoms with E-state index in [0.717, 1.165) is 5.56 Å². The molecule has 0 spiro atoms. The van der Waals surface area contributed by atoms with Gasteiger partial charge in [0.25, 0.3) is 5.92 Å². The van der Waals surface area contributed by atoms with Crippen molar-refractivity contribution in [3.63, 3.8) is 0 Å². The Hall–Kier alpha value is -2.47. The quantitative estimate of drug-likeness (QED) is 0.778. The van der Waals surface area contributed by atoms with Crippen molar-refractivity contribution in [2.75, 3.05) is 19.7 Å². The monoisotopic (exact) mass is 388 g/mol. The van der Waals surface area contributed by atoms with Crippen LogP contribution in [0, 0.1) is 0 Å². The number of hydrogen-bond acceptors (Lipinski definition) is 3. The highest BCUT2D eigenvalue weighted by atomic mass is 19.3. The highest BCUT2D eigenvalue weighted by Crippen LogP contribution is 2.30. The molecule has 1 aliphatic rings. The molecule has 0 aromatic heterocycles. The molecule has 1 fully saturated rings. The molecule has 2 atom stereocenters. The molecule has 1 amide bonds. The number of piperidine rings is 1. The number of benzene rings is 2. The van der Waals surface area contributed by atoms with E-state index in [1.807, 2.05) is 67.6 Å². The molecule has 0 saturated carbocycles. The van der Waals surface area contributed by atoms with E-state index in [1.54, 1.807) is 4.90 Å². The molecule has 28 heavy (non-hydrogen) atoms. The number of para-hydroxylation sites is 1. The Morgan fingerprint density at radius 3 is 2.50 bits per heavy atom. The Labute approximate surface area is 164 Å². The van der Waals surface area contributed by atoms with Crippen LogP contribution in [0.3, 0.4) is 0 Å². The van der Waals surface area contributed by atoms with E-state index in [0.29, 0.717) is 5.75 Å². The van der Waals surface area contributed by atoms with E-state index in [9.17, 15) is 13.6 Å². The number of nitrogens with one attached hydrogen (secondary N) is 1. The Balaban J connectivity index is 1.60. The highest BCUT2D eigenvalue weighted by Gasteiger charge is 2.42. The zero-order valence-corrected chi connectivity index (χ0v) is 16.0. The maximum absolute atomic E-state index is 14.0. The van der Waals surface area contributed by atoms with Gasteiger partial charge < -0.3 is 10.1 Å².